The van der Waals surface area contributed by atoms with Gasteiger partial charge in [0.15, 0.2) is 5.96 Å². The van der Waals surface area contributed by atoms with Crippen LogP contribution in [0, 0.1) is 0 Å². The number of ether oxygens (including phenoxy) is 2. The van der Waals surface area contributed by atoms with Gasteiger partial charge in [0, 0.05) is 25.7 Å². The highest BCUT2D eigenvalue weighted by Crippen LogP contribution is 2.13. The number of hydrogen-bond donors (Lipinski definition) is 2. The third-order valence-electron chi connectivity index (χ3n) is 4.52. The first kappa shape index (κ1) is 21.0. The molecule has 1 aliphatic rings. The summed E-state index contributed by atoms with van der Waals surface area (Å²) in [4.78, 5) is 18.0. The van der Waals surface area contributed by atoms with Crippen molar-refractivity contribution in [3.63, 3.8) is 0 Å². The van der Waals surface area contributed by atoms with Crippen molar-refractivity contribution in [3.8, 4) is 0 Å². The molecule has 0 radical (unpaired) electrons. The second-order valence-electron chi connectivity index (χ2n) is 6.63. The average Bonchev–Trinajstić information content (AvgIpc) is 2.68. The maximum Gasteiger partial charge on any atom is 0.409 e. The SMILES string of the molecule is CCCOCc1ccccc1CN=C(N)NC1CCN(C(=O)OCC)CC1. The molecule has 1 aliphatic heterocycles. The maximum atomic E-state index is 11.7. The third kappa shape index (κ3) is 7.09. The lowest BCUT2D eigenvalue weighted by Gasteiger charge is -2.31. The van der Waals surface area contributed by atoms with E-state index in [2.05, 4.69) is 29.4 Å². The second kappa shape index (κ2) is 11.4. The Morgan fingerprint density at radius 2 is 1.96 bits per heavy atom. The molecule has 0 unspecified atom stereocenters. The first-order valence-electron chi connectivity index (χ1n) is 9.76. The molecule has 2 rings (SSSR count). The van der Waals surface area contributed by atoms with Crippen LogP contribution in [0.5, 0.6) is 0 Å². The van der Waals surface area contributed by atoms with Gasteiger partial charge < -0.3 is 25.4 Å². The first-order valence-corrected chi connectivity index (χ1v) is 9.76. The van der Waals surface area contributed by atoms with Crippen LogP contribution in [0.3, 0.4) is 0 Å². The van der Waals surface area contributed by atoms with Gasteiger partial charge in [0.05, 0.1) is 19.8 Å². The monoisotopic (exact) mass is 376 g/mol. The molecule has 3 N–H and O–H groups in total. The Bertz CT molecular complexity index is 613. The van der Waals surface area contributed by atoms with E-state index in [-0.39, 0.29) is 12.1 Å². The summed E-state index contributed by atoms with van der Waals surface area (Å²) in [5.74, 6) is 0.439. The lowest BCUT2D eigenvalue weighted by atomic mass is 10.1. The Hall–Kier alpha value is -2.28. The standard InChI is InChI=1S/C20H32N4O3/c1-3-13-26-15-17-8-6-5-7-16(17)14-22-19(21)23-18-9-11-24(12-10-18)20(25)27-4-2/h5-8,18H,3-4,9-15H2,1-2H3,(H3,21,22,23). The van der Waals surface area contributed by atoms with Gasteiger partial charge in [0.25, 0.3) is 0 Å². The Morgan fingerprint density at radius 3 is 2.63 bits per heavy atom. The van der Waals surface area contributed by atoms with Crippen LogP contribution in [0.4, 0.5) is 4.79 Å². The number of guanidine groups is 1. The van der Waals surface area contributed by atoms with E-state index in [4.69, 9.17) is 15.2 Å². The van der Waals surface area contributed by atoms with Crippen molar-refractivity contribution >= 4 is 12.1 Å². The van der Waals surface area contributed by atoms with E-state index in [1.54, 1.807) is 4.90 Å². The Labute approximate surface area is 161 Å². The number of amides is 1. The van der Waals surface area contributed by atoms with Crippen LogP contribution in [-0.4, -0.2) is 49.3 Å². The third-order valence-corrected chi connectivity index (χ3v) is 4.52. The lowest BCUT2D eigenvalue weighted by molar-refractivity contribution is 0.0963. The number of nitrogens with one attached hydrogen (secondary N) is 1. The van der Waals surface area contributed by atoms with E-state index in [9.17, 15) is 4.79 Å². The topological polar surface area (TPSA) is 89.2 Å². The largest absolute Gasteiger partial charge is 0.450 e. The molecule has 150 valence electrons. The summed E-state index contributed by atoms with van der Waals surface area (Å²) < 4.78 is 10.7. The van der Waals surface area contributed by atoms with Crippen molar-refractivity contribution in [3.05, 3.63) is 35.4 Å². The summed E-state index contributed by atoms with van der Waals surface area (Å²) >= 11 is 0. The van der Waals surface area contributed by atoms with Gasteiger partial charge in [0.2, 0.25) is 0 Å². The molecule has 1 aromatic rings. The van der Waals surface area contributed by atoms with Crippen LogP contribution in [0.15, 0.2) is 29.3 Å². The Kier molecular flexibility index (Phi) is 8.91. The summed E-state index contributed by atoms with van der Waals surface area (Å²) in [5, 5.41) is 3.27. The second-order valence-corrected chi connectivity index (χ2v) is 6.63. The molecule has 0 aromatic heterocycles. The molecule has 27 heavy (non-hydrogen) atoms. The number of carbonyl (C=O) groups excluding carboxylic acids is 1. The smallest absolute Gasteiger partial charge is 0.409 e. The van der Waals surface area contributed by atoms with Crippen LogP contribution in [0.1, 0.15) is 44.2 Å². The van der Waals surface area contributed by atoms with Gasteiger partial charge in [-0.2, -0.15) is 0 Å². The van der Waals surface area contributed by atoms with Gasteiger partial charge in [-0.25, -0.2) is 9.79 Å². The van der Waals surface area contributed by atoms with Crippen molar-refractivity contribution in [1.29, 1.82) is 0 Å². The number of aliphatic imine (C=N–C) groups is 1. The normalized spacial score (nSPS) is 15.6. The number of nitrogens with zero attached hydrogens (tertiary/aromatic N) is 2. The number of benzene rings is 1. The minimum absolute atomic E-state index is 0.225. The molecule has 7 nitrogen and oxygen atoms in total. The predicted molar refractivity (Wildman–Crippen MR) is 106 cm³/mol. The minimum Gasteiger partial charge on any atom is -0.450 e. The number of hydrogen-bond acceptors (Lipinski definition) is 4. The van der Waals surface area contributed by atoms with Crippen molar-refractivity contribution in [2.75, 3.05) is 26.3 Å². The zero-order valence-electron chi connectivity index (χ0n) is 16.4. The van der Waals surface area contributed by atoms with E-state index in [0.717, 1.165) is 37.0 Å². The van der Waals surface area contributed by atoms with Crippen LogP contribution in [0.2, 0.25) is 0 Å². The van der Waals surface area contributed by atoms with Gasteiger partial charge >= 0.3 is 6.09 Å². The quantitative estimate of drug-likeness (QED) is 0.414. The maximum absolute atomic E-state index is 11.7. The molecule has 1 aromatic carbocycles. The fourth-order valence-corrected chi connectivity index (χ4v) is 3.03. The number of carbonyl (C=O) groups is 1. The number of piperidine rings is 1. The fraction of sp³-hybridized carbons (Fsp3) is 0.600. The van der Waals surface area contributed by atoms with Crippen LogP contribution >= 0.6 is 0 Å². The minimum atomic E-state index is -0.237. The molecule has 1 amide bonds. The lowest BCUT2D eigenvalue weighted by Crippen LogP contribution is -2.48. The van der Waals surface area contributed by atoms with Crippen LogP contribution in [0.25, 0.3) is 0 Å². The van der Waals surface area contributed by atoms with E-state index in [1.807, 2.05) is 19.1 Å². The summed E-state index contributed by atoms with van der Waals surface area (Å²) in [5.41, 5.74) is 8.33. The van der Waals surface area contributed by atoms with E-state index >= 15 is 0 Å². The van der Waals surface area contributed by atoms with Crippen molar-refractivity contribution in [2.24, 2.45) is 10.7 Å². The highest BCUT2D eigenvalue weighted by Gasteiger charge is 2.23. The van der Waals surface area contributed by atoms with Gasteiger partial charge in [0.1, 0.15) is 0 Å². The van der Waals surface area contributed by atoms with Crippen molar-refractivity contribution < 1.29 is 14.3 Å². The van der Waals surface area contributed by atoms with E-state index in [1.165, 1.54) is 0 Å². The van der Waals surface area contributed by atoms with E-state index < -0.39 is 0 Å². The molecule has 0 bridgehead atoms. The molecule has 1 saturated heterocycles. The van der Waals surface area contributed by atoms with Gasteiger partial charge in [-0.1, -0.05) is 31.2 Å². The molecule has 1 fully saturated rings. The molecule has 7 heteroatoms. The van der Waals surface area contributed by atoms with Crippen molar-refractivity contribution in [2.45, 2.75) is 52.3 Å². The zero-order valence-corrected chi connectivity index (χ0v) is 16.4. The zero-order chi connectivity index (χ0) is 19.5. The number of likely N-dealkylation sites (tertiary alicyclic amines) is 1. The summed E-state index contributed by atoms with van der Waals surface area (Å²) in [6, 6.07) is 8.36. The van der Waals surface area contributed by atoms with E-state index in [0.29, 0.717) is 38.8 Å². The van der Waals surface area contributed by atoms with Gasteiger partial charge in [-0.05, 0) is 37.3 Å². The molecule has 1 heterocycles. The molecule has 0 spiro atoms. The summed E-state index contributed by atoms with van der Waals surface area (Å²) in [7, 11) is 0. The molecule has 0 atom stereocenters. The fourth-order valence-electron chi connectivity index (χ4n) is 3.03. The van der Waals surface area contributed by atoms with Crippen LogP contribution < -0.4 is 11.1 Å². The molecular formula is C20H32N4O3. The number of rotatable bonds is 8. The van der Waals surface area contributed by atoms with Gasteiger partial charge in [-0.15, -0.1) is 0 Å². The Morgan fingerprint density at radius 1 is 1.26 bits per heavy atom. The average molecular weight is 377 g/mol. The van der Waals surface area contributed by atoms with Crippen molar-refractivity contribution in [1.82, 2.24) is 10.2 Å². The van der Waals surface area contributed by atoms with Crippen LogP contribution in [-0.2, 0) is 22.6 Å². The Balaban J connectivity index is 1.81. The summed E-state index contributed by atoms with van der Waals surface area (Å²) in [6.07, 6.45) is 2.43. The first-order chi connectivity index (χ1) is 13.1. The molecule has 0 saturated carbocycles. The molecular weight excluding hydrogens is 344 g/mol. The highest BCUT2D eigenvalue weighted by molar-refractivity contribution is 5.78. The summed E-state index contributed by atoms with van der Waals surface area (Å²) in [6.45, 7) is 7.53. The van der Waals surface area contributed by atoms with Gasteiger partial charge in [-0.3, -0.25) is 0 Å². The predicted octanol–water partition coefficient (Wildman–Crippen LogP) is 2.64. The highest BCUT2D eigenvalue weighted by atomic mass is 16.6. The molecule has 0 aliphatic carbocycles. The number of nitrogens with two attached hydrogens (primary N) is 1.